The number of nitrogens with two attached hydrogens (primary N) is 1. The minimum atomic E-state index is 0.347. The lowest BCUT2D eigenvalue weighted by Crippen LogP contribution is -2.21. The van der Waals surface area contributed by atoms with Gasteiger partial charge in [0, 0.05) is 25.5 Å². The van der Waals surface area contributed by atoms with Gasteiger partial charge >= 0.3 is 0 Å². The van der Waals surface area contributed by atoms with Crippen molar-refractivity contribution in [3.8, 4) is 0 Å². The van der Waals surface area contributed by atoms with Crippen molar-refractivity contribution in [3.63, 3.8) is 0 Å². The highest BCUT2D eigenvalue weighted by Crippen LogP contribution is 2.58. The van der Waals surface area contributed by atoms with Crippen LogP contribution in [0.3, 0.4) is 0 Å². The second kappa shape index (κ2) is 5.36. The van der Waals surface area contributed by atoms with Gasteiger partial charge < -0.3 is 15.0 Å². The third-order valence-electron chi connectivity index (χ3n) is 5.88. The van der Waals surface area contributed by atoms with Gasteiger partial charge in [-0.1, -0.05) is 5.16 Å². The Morgan fingerprint density at radius 2 is 2.00 bits per heavy atom. The minimum absolute atomic E-state index is 0.347. The first-order valence-corrected chi connectivity index (χ1v) is 8.35. The van der Waals surface area contributed by atoms with E-state index in [9.17, 15) is 0 Å². The topological polar surface area (TPSA) is 74.2 Å². The second-order valence-electron chi connectivity index (χ2n) is 7.20. The van der Waals surface area contributed by atoms with Gasteiger partial charge in [0.2, 0.25) is 5.89 Å². The van der Waals surface area contributed by atoms with Crippen LogP contribution in [0.1, 0.15) is 56.2 Å². The molecule has 0 aromatic carbocycles. The molecule has 0 amide bonds. The second-order valence-corrected chi connectivity index (χ2v) is 7.20. The first-order valence-electron chi connectivity index (χ1n) is 8.35. The normalized spacial score (nSPS) is 42.0. The Morgan fingerprint density at radius 3 is 2.62 bits per heavy atom. The van der Waals surface area contributed by atoms with Crippen molar-refractivity contribution in [1.82, 2.24) is 10.1 Å². The molecule has 5 nitrogen and oxygen atoms in total. The maximum absolute atomic E-state index is 6.13. The van der Waals surface area contributed by atoms with E-state index in [-0.39, 0.29) is 0 Å². The van der Waals surface area contributed by atoms with Crippen LogP contribution >= 0.6 is 0 Å². The molecule has 5 heteroatoms. The maximum Gasteiger partial charge on any atom is 0.230 e. The predicted octanol–water partition coefficient (Wildman–Crippen LogP) is 2.27. The Balaban J connectivity index is 1.35. The van der Waals surface area contributed by atoms with E-state index in [1.807, 2.05) is 7.11 Å². The molecule has 3 fully saturated rings. The lowest BCUT2D eigenvalue weighted by Gasteiger charge is -2.26. The SMILES string of the molecule is COC1CCC(Cc2noc([C@@H]3C[C@H](N)[C@H]4C[C@H]43)n2)CC1. The molecule has 0 unspecified atom stereocenters. The lowest BCUT2D eigenvalue weighted by atomic mass is 9.85. The van der Waals surface area contributed by atoms with Gasteiger partial charge in [-0.2, -0.15) is 4.98 Å². The number of aromatic nitrogens is 2. The van der Waals surface area contributed by atoms with Gasteiger partial charge in [0.05, 0.1) is 6.10 Å². The Bertz CT molecular complexity index is 495. The first-order chi connectivity index (χ1) is 10.2. The van der Waals surface area contributed by atoms with Crippen LogP contribution < -0.4 is 5.73 Å². The summed E-state index contributed by atoms with van der Waals surface area (Å²) in [5, 5.41) is 4.21. The van der Waals surface area contributed by atoms with Crippen LogP contribution in [0.15, 0.2) is 4.52 Å². The van der Waals surface area contributed by atoms with Gasteiger partial charge in [0.15, 0.2) is 5.82 Å². The summed E-state index contributed by atoms with van der Waals surface area (Å²) in [7, 11) is 1.81. The van der Waals surface area contributed by atoms with Crippen molar-refractivity contribution in [1.29, 1.82) is 0 Å². The number of hydrogen-bond acceptors (Lipinski definition) is 5. The molecule has 3 aliphatic carbocycles. The fourth-order valence-corrected chi connectivity index (χ4v) is 4.45. The van der Waals surface area contributed by atoms with Crippen molar-refractivity contribution in [3.05, 3.63) is 11.7 Å². The van der Waals surface area contributed by atoms with Gasteiger partial charge in [0.25, 0.3) is 0 Å². The van der Waals surface area contributed by atoms with E-state index < -0.39 is 0 Å². The number of rotatable bonds is 4. The van der Waals surface area contributed by atoms with Crippen LogP contribution in [0.25, 0.3) is 0 Å². The summed E-state index contributed by atoms with van der Waals surface area (Å²) in [6.45, 7) is 0. The van der Waals surface area contributed by atoms with Crippen LogP contribution in [-0.4, -0.2) is 29.4 Å². The van der Waals surface area contributed by atoms with Gasteiger partial charge in [-0.05, 0) is 56.3 Å². The maximum atomic E-state index is 6.13. The minimum Gasteiger partial charge on any atom is -0.381 e. The highest BCUT2D eigenvalue weighted by Gasteiger charge is 2.55. The summed E-state index contributed by atoms with van der Waals surface area (Å²) in [4.78, 5) is 4.67. The number of methoxy groups -OCH3 is 1. The molecule has 3 saturated carbocycles. The number of fused-ring (bicyclic) bond motifs is 1. The van der Waals surface area contributed by atoms with Gasteiger partial charge in [-0.3, -0.25) is 0 Å². The quantitative estimate of drug-likeness (QED) is 0.921. The highest BCUT2D eigenvalue weighted by atomic mass is 16.5. The predicted molar refractivity (Wildman–Crippen MR) is 77.7 cm³/mol. The number of ether oxygens (including phenoxy) is 1. The van der Waals surface area contributed by atoms with E-state index in [0.29, 0.717) is 29.9 Å². The fraction of sp³-hybridized carbons (Fsp3) is 0.875. The van der Waals surface area contributed by atoms with Crippen molar-refractivity contribution >= 4 is 0 Å². The summed E-state index contributed by atoms with van der Waals surface area (Å²) in [5.41, 5.74) is 6.13. The number of nitrogens with zero attached hydrogens (tertiary/aromatic N) is 2. The summed E-state index contributed by atoms with van der Waals surface area (Å²) in [6.07, 6.45) is 8.42. The molecule has 4 atom stereocenters. The van der Waals surface area contributed by atoms with E-state index in [2.05, 4.69) is 10.1 Å². The van der Waals surface area contributed by atoms with Crippen LogP contribution in [0.2, 0.25) is 0 Å². The number of hydrogen-bond donors (Lipinski definition) is 1. The molecular weight excluding hydrogens is 266 g/mol. The van der Waals surface area contributed by atoms with E-state index in [4.69, 9.17) is 15.0 Å². The summed E-state index contributed by atoms with van der Waals surface area (Å²) in [5.74, 6) is 4.27. The zero-order valence-electron chi connectivity index (χ0n) is 12.7. The Hall–Kier alpha value is -0.940. The van der Waals surface area contributed by atoms with Gasteiger partial charge in [-0.15, -0.1) is 0 Å². The fourth-order valence-electron chi connectivity index (χ4n) is 4.45. The molecule has 3 aliphatic rings. The van der Waals surface area contributed by atoms with Crippen molar-refractivity contribution in [2.75, 3.05) is 7.11 Å². The molecule has 1 aromatic rings. The molecule has 0 spiro atoms. The average molecular weight is 291 g/mol. The molecule has 116 valence electrons. The standard InChI is InChI=1S/C16H25N3O2/c1-20-10-4-2-9(3-5-10)6-15-18-16(21-19-15)13-8-14(17)12-7-11(12)13/h9-14H,2-8,17H2,1H3/t9?,10?,11-,12+,13-,14+/m1/s1. The van der Waals surface area contributed by atoms with Crippen LogP contribution in [0.5, 0.6) is 0 Å². The molecule has 0 bridgehead atoms. The van der Waals surface area contributed by atoms with E-state index in [1.54, 1.807) is 0 Å². The Kier molecular flexibility index (Phi) is 3.50. The molecule has 0 saturated heterocycles. The van der Waals surface area contributed by atoms with Crippen LogP contribution in [-0.2, 0) is 11.2 Å². The molecule has 4 rings (SSSR count). The third-order valence-corrected chi connectivity index (χ3v) is 5.88. The third kappa shape index (κ3) is 2.61. The highest BCUT2D eigenvalue weighted by molar-refractivity contribution is 5.14. The molecule has 21 heavy (non-hydrogen) atoms. The van der Waals surface area contributed by atoms with Crippen molar-refractivity contribution in [2.24, 2.45) is 23.5 Å². The molecule has 1 heterocycles. The molecule has 1 aromatic heterocycles. The van der Waals surface area contributed by atoms with E-state index in [1.165, 1.54) is 19.3 Å². The zero-order chi connectivity index (χ0) is 14.4. The average Bonchev–Trinajstić information content (AvgIpc) is 3.06. The van der Waals surface area contributed by atoms with Gasteiger partial charge in [0.1, 0.15) is 0 Å². The molecular formula is C16H25N3O2. The van der Waals surface area contributed by atoms with Crippen molar-refractivity contribution in [2.45, 2.75) is 63.0 Å². The largest absolute Gasteiger partial charge is 0.381 e. The van der Waals surface area contributed by atoms with Crippen molar-refractivity contribution < 1.29 is 9.26 Å². The first kappa shape index (κ1) is 13.7. The molecule has 0 aliphatic heterocycles. The molecule has 2 N–H and O–H groups in total. The Morgan fingerprint density at radius 1 is 1.19 bits per heavy atom. The molecule has 0 radical (unpaired) electrons. The Labute approximate surface area is 125 Å². The monoisotopic (exact) mass is 291 g/mol. The zero-order valence-corrected chi connectivity index (χ0v) is 12.7. The smallest absolute Gasteiger partial charge is 0.230 e. The van der Waals surface area contributed by atoms with E-state index >= 15 is 0 Å². The lowest BCUT2D eigenvalue weighted by molar-refractivity contribution is 0.0565. The summed E-state index contributed by atoms with van der Waals surface area (Å²) < 4.78 is 11.0. The summed E-state index contributed by atoms with van der Waals surface area (Å²) in [6, 6.07) is 0.347. The summed E-state index contributed by atoms with van der Waals surface area (Å²) >= 11 is 0. The van der Waals surface area contributed by atoms with Gasteiger partial charge in [-0.25, -0.2) is 0 Å². The van der Waals surface area contributed by atoms with E-state index in [0.717, 1.165) is 43.3 Å². The van der Waals surface area contributed by atoms with Crippen LogP contribution in [0.4, 0.5) is 0 Å². The van der Waals surface area contributed by atoms with Crippen LogP contribution in [0, 0.1) is 17.8 Å².